The molecule has 0 aliphatic carbocycles. The Morgan fingerprint density at radius 3 is 2.17 bits per heavy atom. The zero-order valence-corrected chi connectivity index (χ0v) is 22.6. The van der Waals surface area contributed by atoms with Crippen LogP contribution >= 0.6 is 0 Å². The van der Waals surface area contributed by atoms with E-state index in [1.54, 1.807) is 0 Å². The Morgan fingerprint density at radius 1 is 0.925 bits per heavy atom. The molecule has 8 nitrogen and oxygen atoms in total. The molecule has 3 aromatic rings. The number of hydrogen-bond acceptors (Lipinski definition) is 8. The van der Waals surface area contributed by atoms with Gasteiger partial charge in [0, 0.05) is 57.3 Å². The van der Waals surface area contributed by atoms with Crippen LogP contribution in [0.4, 0.5) is 13.2 Å². The average Bonchev–Trinajstić information content (AvgIpc) is 2.97. The zero-order chi connectivity index (χ0) is 28.1. The quantitative estimate of drug-likeness (QED) is 0.427. The molecule has 0 radical (unpaired) electrons. The number of piperazine rings is 2. The third-order valence-corrected chi connectivity index (χ3v) is 7.48. The predicted molar refractivity (Wildman–Crippen MR) is 144 cm³/mol. The second-order valence-corrected chi connectivity index (χ2v) is 10.1. The molecule has 40 heavy (non-hydrogen) atoms. The molecule has 1 N–H and O–H groups in total. The summed E-state index contributed by atoms with van der Waals surface area (Å²) in [5.74, 6) is 0.0395. The van der Waals surface area contributed by atoms with Crippen molar-refractivity contribution < 1.29 is 27.4 Å². The van der Waals surface area contributed by atoms with Gasteiger partial charge in [-0.15, -0.1) is 0 Å². The van der Waals surface area contributed by atoms with Gasteiger partial charge in [-0.1, -0.05) is 60.7 Å². The van der Waals surface area contributed by atoms with E-state index in [4.69, 9.17) is 14.2 Å². The molecule has 2 atom stereocenters. The summed E-state index contributed by atoms with van der Waals surface area (Å²) >= 11 is 0. The third-order valence-electron chi connectivity index (χ3n) is 7.48. The molecule has 0 amide bonds. The lowest BCUT2D eigenvalue weighted by Gasteiger charge is -2.51. The summed E-state index contributed by atoms with van der Waals surface area (Å²) in [5.41, 5.74) is 2.80. The summed E-state index contributed by atoms with van der Waals surface area (Å²) in [6.07, 6.45) is -4.52. The molecule has 2 aliphatic rings. The Hall–Kier alpha value is -3.41. The summed E-state index contributed by atoms with van der Waals surface area (Å²) in [5, 5.41) is 3.51. The van der Waals surface area contributed by atoms with Crippen LogP contribution in [0.25, 0.3) is 0 Å². The van der Waals surface area contributed by atoms with Gasteiger partial charge in [0.2, 0.25) is 11.8 Å². The molecule has 0 unspecified atom stereocenters. The fraction of sp³-hybridized carbons (Fsp3) is 0.448. The van der Waals surface area contributed by atoms with Crippen molar-refractivity contribution in [1.29, 1.82) is 0 Å². The standard InChI is InChI=1S/C29H34F3N5O3/c1-38-26-23(27(35-28(34-26)39-2)40-19-29(30,31)32)17-36-16-22-15-33-13-14-37(22)24(18-36)25(20-9-5-3-6-10-20)21-11-7-4-8-12-21/h3-12,22,24-25,33H,13-19H2,1-2H3/t22-,24-/m0/s1. The first-order chi connectivity index (χ1) is 19.4. The number of methoxy groups -OCH3 is 2. The Bertz CT molecular complexity index is 1210. The van der Waals surface area contributed by atoms with Crippen molar-refractivity contribution in [2.24, 2.45) is 0 Å². The molecule has 11 heteroatoms. The minimum atomic E-state index is -4.52. The molecule has 1 aromatic heterocycles. The van der Waals surface area contributed by atoms with Gasteiger partial charge in [-0.25, -0.2) is 0 Å². The Labute approximate surface area is 232 Å². The molecule has 0 saturated carbocycles. The van der Waals surface area contributed by atoms with Gasteiger partial charge in [0.15, 0.2) is 6.61 Å². The van der Waals surface area contributed by atoms with Crippen LogP contribution in [-0.2, 0) is 6.54 Å². The minimum Gasteiger partial charge on any atom is -0.481 e. The van der Waals surface area contributed by atoms with Crippen molar-refractivity contribution in [3.63, 3.8) is 0 Å². The number of nitrogens with zero attached hydrogens (tertiary/aromatic N) is 4. The minimum absolute atomic E-state index is 0.0979. The molecule has 5 rings (SSSR count). The van der Waals surface area contributed by atoms with Crippen molar-refractivity contribution in [1.82, 2.24) is 25.1 Å². The number of rotatable bonds is 9. The van der Waals surface area contributed by atoms with Gasteiger partial charge < -0.3 is 19.5 Å². The lowest BCUT2D eigenvalue weighted by atomic mass is 9.81. The van der Waals surface area contributed by atoms with Crippen molar-refractivity contribution in [2.45, 2.75) is 30.7 Å². The van der Waals surface area contributed by atoms with E-state index in [0.717, 1.165) is 19.6 Å². The molecular formula is C29H34F3N5O3. The highest BCUT2D eigenvalue weighted by molar-refractivity contribution is 5.38. The molecule has 0 bridgehead atoms. The number of nitrogens with one attached hydrogen (secondary N) is 1. The second kappa shape index (κ2) is 12.4. The number of halogens is 3. The number of benzene rings is 2. The van der Waals surface area contributed by atoms with Gasteiger partial charge in [-0.2, -0.15) is 23.1 Å². The molecular weight excluding hydrogens is 523 g/mol. The van der Waals surface area contributed by atoms with Crippen LogP contribution in [-0.4, -0.2) is 91.6 Å². The highest BCUT2D eigenvalue weighted by Gasteiger charge is 2.41. The highest BCUT2D eigenvalue weighted by atomic mass is 19.4. The summed E-state index contributed by atoms with van der Waals surface area (Å²) in [6.45, 7) is 2.81. The van der Waals surface area contributed by atoms with Crippen LogP contribution in [0.3, 0.4) is 0 Å². The SMILES string of the molecule is COc1nc(OC)c(CN2C[C@@H]3CNCCN3[C@H](C(c3ccccc3)c3ccccc3)C2)c(OCC(F)(F)F)n1. The van der Waals surface area contributed by atoms with Crippen LogP contribution < -0.4 is 19.5 Å². The first-order valence-corrected chi connectivity index (χ1v) is 13.3. The number of hydrogen-bond donors (Lipinski definition) is 1. The highest BCUT2D eigenvalue weighted by Crippen LogP contribution is 2.37. The van der Waals surface area contributed by atoms with Crippen molar-refractivity contribution >= 4 is 0 Å². The maximum absolute atomic E-state index is 13.1. The Balaban J connectivity index is 1.51. The van der Waals surface area contributed by atoms with Gasteiger partial charge in [0.05, 0.1) is 19.8 Å². The van der Waals surface area contributed by atoms with Crippen molar-refractivity contribution in [3.05, 3.63) is 77.4 Å². The summed E-state index contributed by atoms with van der Waals surface area (Å²) in [6, 6.07) is 21.2. The molecule has 0 spiro atoms. The second-order valence-electron chi connectivity index (χ2n) is 10.1. The van der Waals surface area contributed by atoms with Crippen LogP contribution in [0, 0.1) is 0 Å². The topological polar surface area (TPSA) is 72.0 Å². The van der Waals surface area contributed by atoms with E-state index < -0.39 is 12.8 Å². The maximum Gasteiger partial charge on any atom is 0.422 e. The van der Waals surface area contributed by atoms with Gasteiger partial charge >= 0.3 is 12.2 Å². The predicted octanol–water partition coefficient (Wildman–Crippen LogP) is 3.73. The van der Waals surface area contributed by atoms with Crippen LogP contribution in [0.15, 0.2) is 60.7 Å². The van der Waals surface area contributed by atoms with Gasteiger partial charge in [0.25, 0.3) is 0 Å². The van der Waals surface area contributed by atoms with Crippen LogP contribution in [0.2, 0.25) is 0 Å². The van der Waals surface area contributed by atoms with E-state index in [2.05, 4.69) is 73.6 Å². The van der Waals surface area contributed by atoms with E-state index in [1.165, 1.54) is 25.3 Å². The van der Waals surface area contributed by atoms with E-state index >= 15 is 0 Å². The van der Waals surface area contributed by atoms with E-state index in [0.29, 0.717) is 18.7 Å². The summed E-state index contributed by atoms with van der Waals surface area (Å²) in [4.78, 5) is 13.2. The number of fused-ring (bicyclic) bond motifs is 1. The fourth-order valence-electron chi connectivity index (χ4n) is 5.82. The van der Waals surface area contributed by atoms with Gasteiger partial charge in [-0.3, -0.25) is 9.80 Å². The smallest absolute Gasteiger partial charge is 0.422 e. The average molecular weight is 558 g/mol. The van der Waals surface area contributed by atoms with Gasteiger partial charge in [-0.05, 0) is 11.1 Å². The number of alkyl halides is 3. The van der Waals surface area contributed by atoms with Crippen molar-refractivity contribution in [3.8, 4) is 17.8 Å². The number of ether oxygens (including phenoxy) is 3. The van der Waals surface area contributed by atoms with E-state index in [-0.39, 0.29) is 42.3 Å². The van der Waals surface area contributed by atoms with Crippen LogP contribution in [0.1, 0.15) is 22.6 Å². The largest absolute Gasteiger partial charge is 0.481 e. The summed E-state index contributed by atoms with van der Waals surface area (Å²) < 4.78 is 55.0. The van der Waals surface area contributed by atoms with Crippen LogP contribution in [0.5, 0.6) is 17.8 Å². The molecule has 214 valence electrons. The Kier molecular flexibility index (Phi) is 8.72. The molecule has 3 heterocycles. The van der Waals surface area contributed by atoms with Gasteiger partial charge in [0.1, 0.15) is 0 Å². The Morgan fingerprint density at radius 2 is 1.57 bits per heavy atom. The van der Waals surface area contributed by atoms with E-state index in [9.17, 15) is 13.2 Å². The monoisotopic (exact) mass is 557 g/mol. The van der Waals surface area contributed by atoms with Crippen molar-refractivity contribution in [2.75, 3.05) is 53.6 Å². The molecule has 2 aliphatic heterocycles. The lowest BCUT2D eigenvalue weighted by molar-refractivity contribution is -0.154. The maximum atomic E-state index is 13.1. The molecule has 2 saturated heterocycles. The zero-order valence-electron chi connectivity index (χ0n) is 22.6. The lowest BCUT2D eigenvalue weighted by Crippen LogP contribution is -2.66. The van der Waals surface area contributed by atoms with E-state index in [1.807, 2.05) is 12.1 Å². The molecule has 2 aromatic carbocycles. The first kappa shape index (κ1) is 28.1. The fourth-order valence-corrected chi connectivity index (χ4v) is 5.82. The number of aromatic nitrogens is 2. The normalized spacial score (nSPS) is 20.2. The third kappa shape index (κ3) is 6.48. The molecule has 2 fully saturated rings. The first-order valence-electron chi connectivity index (χ1n) is 13.3. The summed E-state index contributed by atoms with van der Waals surface area (Å²) in [7, 11) is 2.76.